The van der Waals surface area contributed by atoms with Crippen LogP contribution in [0.5, 0.6) is 0 Å². The molecule has 3 nitrogen and oxygen atoms in total. The maximum Gasteiger partial charge on any atom is 0.334 e. The lowest BCUT2D eigenvalue weighted by Crippen LogP contribution is -2.32. The third-order valence-electron chi connectivity index (χ3n) is 6.85. The highest BCUT2D eigenvalue weighted by Crippen LogP contribution is 2.41. The van der Waals surface area contributed by atoms with E-state index in [1.54, 1.807) is 0 Å². The second-order valence-electron chi connectivity index (χ2n) is 8.58. The molecule has 0 aliphatic heterocycles. The summed E-state index contributed by atoms with van der Waals surface area (Å²) in [6.07, 6.45) is 13.2. The predicted octanol–water partition coefficient (Wildman–Crippen LogP) is 5.59. The highest BCUT2D eigenvalue weighted by molar-refractivity contribution is 5.88. The van der Waals surface area contributed by atoms with Crippen molar-refractivity contribution in [2.75, 3.05) is 19.6 Å². The summed E-state index contributed by atoms with van der Waals surface area (Å²) in [5.41, 5.74) is 0.602. The molecular formula is C23H41NO2. The largest absolute Gasteiger partial charge is 0.459 e. The number of carbonyl (C=O) groups excluding carboxylic acids is 1. The number of rotatable bonds is 9. The van der Waals surface area contributed by atoms with Crippen molar-refractivity contribution in [2.45, 2.75) is 91.1 Å². The molecule has 2 aliphatic rings. The van der Waals surface area contributed by atoms with Gasteiger partial charge in [0.25, 0.3) is 0 Å². The fourth-order valence-corrected chi connectivity index (χ4v) is 5.05. The Morgan fingerprint density at radius 3 is 1.96 bits per heavy atom. The van der Waals surface area contributed by atoms with Gasteiger partial charge < -0.3 is 4.74 Å². The van der Waals surface area contributed by atoms with Crippen LogP contribution in [0.25, 0.3) is 0 Å². The molecule has 0 saturated heterocycles. The number of nitrogens with zero attached hydrogens (tertiary/aromatic N) is 1. The molecule has 3 heteroatoms. The molecule has 2 saturated carbocycles. The number of ether oxygens (including phenoxy) is 1. The second-order valence-corrected chi connectivity index (χ2v) is 8.58. The molecule has 0 aromatic carbocycles. The monoisotopic (exact) mass is 363 g/mol. The molecule has 0 bridgehead atoms. The molecule has 0 heterocycles. The summed E-state index contributed by atoms with van der Waals surface area (Å²) in [7, 11) is 0. The molecule has 2 fully saturated rings. The summed E-state index contributed by atoms with van der Waals surface area (Å²) in [5.74, 6) is 2.61. The summed E-state index contributed by atoms with van der Waals surface area (Å²) in [5, 5.41) is 0. The highest BCUT2D eigenvalue weighted by Gasteiger charge is 2.32. The van der Waals surface area contributed by atoms with Crippen LogP contribution in [-0.2, 0) is 9.53 Å². The zero-order valence-electron chi connectivity index (χ0n) is 17.5. The topological polar surface area (TPSA) is 29.5 Å². The van der Waals surface area contributed by atoms with Gasteiger partial charge in [-0.25, -0.2) is 4.79 Å². The molecule has 26 heavy (non-hydrogen) atoms. The van der Waals surface area contributed by atoms with Crippen molar-refractivity contribution >= 4 is 5.97 Å². The lowest BCUT2D eigenvalue weighted by molar-refractivity contribution is -0.146. The number of likely N-dealkylation sites (N-methyl/N-ethyl adjacent to an activating group) is 1. The van der Waals surface area contributed by atoms with Crippen molar-refractivity contribution in [1.29, 1.82) is 0 Å². The first-order valence-electron chi connectivity index (χ1n) is 11.2. The zero-order chi connectivity index (χ0) is 18.9. The molecule has 0 spiro atoms. The van der Waals surface area contributed by atoms with Gasteiger partial charge in [0.1, 0.15) is 6.10 Å². The van der Waals surface area contributed by atoms with Crippen LogP contribution >= 0.6 is 0 Å². The maximum absolute atomic E-state index is 12.3. The van der Waals surface area contributed by atoms with E-state index in [1.165, 1.54) is 51.4 Å². The molecule has 0 radical (unpaired) electrons. The molecule has 150 valence electrons. The van der Waals surface area contributed by atoms with Gasteiger partial charge in [-0.2, -0.15) is 0 Å². The van der Waals surface area contributed by atoms with E-state index < -0.39 is 0 Å². The van der Waals surface area contributed by atoms with Crippen LogP contribution in [0, 0.1) is 17.8 Å². The number of esters is 1. The van der Waals surface area contributed by atoms with E-state index in [-0.39, 0.29) is 12.1 Å². The van der Waals surface area contributed by atoms with Crippen LogP contribution < -0.4 is 0 Å². The van der Waals surface area contributed by atoms with Gasteiger partial charge >= 0.3 is 5.97 Å². The van der Waals surface area contributed by atoms with Gasteiger partial charge in [0.15, 0.2) is 0 Å². The van der Waals surface area contributed by atoms with Crippen molar-refractivity contribution in [1.82, 2.24) is 4.90 Å². The van der Waals surface area contributed by atoms with E-state index in [2.05, 4.69) is 32.3 Å². The van der Waals surface area contributed by atoms with Gasteiger partial charge in [-0.1, -0.05) is 53.0 Å². The van der Waals surface area contributed by atoms with Crippen LogP contribution in [0.3, 0.4) is 0 Å². The van der Waals surface area contributed by atoms with E-state index >= 15 is 0 Å². The zero-order valence-corrected chi connectivity index (χ0v) is 17.5. The van der Waals surface area contributed by atoms with Gasteiger partial charge in [0, 0.05) is 12.1 Å². The van der Waals surface area contributed by atoms with Crippen molar-refractivity contribution in [2.24, 2.45) is 17.8 Å². The minimum atomic E-state index is -0.180. The van der Waals surface area contributed by atoms with Crippen molar-refractivity contribution in [3.63, 3.8) is 0 Å². The predicted molar refractivity (Wildman–Crippen MR) is 109 cm³/mol. The van der Waals surface area contributed by atoms with Crippen molar-refractivity contribution in [3.8, 4) is 0 Å². The molecule has 0 amide bonds. The van der Waals surface area contributed by atoms with E-state index in [0.29, 0.717) is 12.1 Å². The number of hydrogen-bond donors (Lipinski definition) is 0. The van der Waals surface area contributed by atoms with Crippen LogP contribution in [0.15, 0.2) is 12.2 Å². The van der Waals surface area contributed by atoms with Crippen molar-refractivity contribution in [3.05, 3.63) is 12.2 Å². The van der Waals surface area contributed by atoms with Gasteiger partial charge in [-0.05, 0) is 69.4 Å². The average Bonchev–Trinajstić information content (AvgIpc) is 2.67. The number of hydrogen-bond acceptors (Lipinski definition) is 3. The molecule has 0 N–H and O–H groups in total. The smallest absolute Gasteiger partial charge is 0.334 e. The third-order valence-corrected chi connectivity index (χ3v) is 6.85. The minimum Gasteiger partial charge on any atom is -0.459 e. The molecule has 0 unspecified atom stereocenters. The Labute approximate surface area is 161 Å². The van der Waals surface area contributed by atoms with Gasteiger partial charge in [-0.3, -0.25) is 4.90 Å². The van der Waals surface area contributed by atoms with Crippen LogP contribution in [0.1, 0.15) is 85.0 Å². The summed E-state index contributed by atoms with van der Waals surface area (Å²) < 4.78 is 5.76. The summed E-state index contributed by atoms with van der Waals surface area (Å²) in [6.45, 7) is 13.0. The molecule has 2 aliphatic carbocycles. The quantitative estimate of drug-likeness (QED) is 0.395. The summed E-state index contributed by atoms with van der Waals surface area (Å²) in [4.78, 5) is 14.5. The Bertz CT molecular complexity index is 427. The summed E-state index contributed by atoms with van der Waals surface area (Å²) in [6, 6.07) is 0. The first kappa shape index (κ1) is 21.5. The second kappa shape index (κ2) is 11.1. The fraction of sp³-hybridized carbons (Fsp3) is 0.870. The van der Waals surface area contributed by atoms with Gasteiger partial charge in [0.05, 0.1) is 0 Å². The van der Waals surface area contributed by atoms with Crippen LogP contribution in [-0.4, -0.2) is 36.6 Å². The Kier molecular flexibility index (Phi) is 9.18. The van der Waals surface area contributed by atoms with E-state index in [0.717, 1.165) is 43.7 Å². The summed E-state index contributed by atoms with van der Waals surface area (Å²) >= 11 is 0. The molecule has 0 aromatic heterocycles. The van der Waals surface area contributed by atoms with Crippen LogP contribution in [0.4, 0.5) is 0 Å². The Hall–Kier alpha value is -0.830. The highest BCUT2D eigenvalue weighted by atomic mass is 16.5. The van der Waals surface area contributed by atoms with E-state index in [1.807, 2.05) is 0 Å². The average molecular weight is 364 g/mol. The first-order valence-corrected chi connectivity index (χ1v) is 11.2. The molecule has 0 atom stereocenters. The van der Waals surface area contributed by atoms with E-state index in [9.17, 15) is 4.79 Å². The Morgan fingerprint density at radius 1 is 0.923 bits per heavy atom. The molecular weight excluding hydrogens is 322 g/mol. The lowest BCUT2D eigenvalue weighted by Gasteiger charge is -2.37. The number of carbonyl (C=O) groups is 1. The molecule has 0 aromatic rings. The van der Waals surface area contributed by atoms with E-state index in [4.69, 9.17) is 4.74 Å². The fourth-order valence-electron chi connectivity index (χ4n) is 5.05. The first-order chi connectivity index (χ1) is 12.6. The minimum absolute atomic E-state index is 0.114. The Balaban J connectivity index is 1.68. The van der Waals surface area contributed by atoms with Crippen molar-refractivity contribution < 1.29 is 9.53 Å². The maximum atomic E-state index is 12.3. The van der Waals surface area contributed by atoms with Crippen LogP contribution in [0.2, 0.25) is 0 Å². The van der Waals surface area contributed by atoms with Gasteiger partial charge in [-0.15, -0.1) is 0 Å². The standard InChI is InChI=1S/C23H41NO2/c1-5-8-19-9-11-20(12-10-19)21-13-15-22(16-14-21)26-23(25)18(4)17-24(6-2)7-3/h19-22H,4-17H2,1-3H3. The van der Waals surface area contributed by atoms with Gasteiger partial charge in [0.2, 0.25) is 0 Å². The SMILES string of the molecule is C=C(CN(CC)CC)C(=O)OC1CCC(C2CCC(CCC)CC2)CC1. The molecule has 2 rings (SSSR count). The normalized spacial score (nSPS) is 29.5. The lowest BCUT2D eigenvalue weighted by atomic mass is 9.70. The Morgan fingerprint density at radius 2 is 1.46 bits per heavy atom. The third kappa shape index (κ3) is 6.40.